The molecule has 0 radical (unpaired) electrons. The minimum atomic E-state index is -0.776. The van der Waals surface area contributed by atoms with Crippen molar-refractivity contribution in [3.05, 3.63) is 0 Å². The van der Waals surface area contributed by atoms with E-state index in [2.05, 4.69) is 22.5 Å². The molecule has 5 nitrogen and oxygen atoms in total. The number of nitrogens with one attached hydrogen (secondary N) is 2. The molecule has 0 bridgehead atoms. The summed E-state index contributed by atoms with van der Waals surface area (Å²) < 4.78 is 0. The van der Waals surface area contributed by atoms with Gasteiger partial charge in [0.2, 0.25) is 0 Å². The highest BCUT2D eigenvalue weighted by Crippen LogP contribution is 2.13. The third kappa shape index (κ3) is 5.67. The maximum atomic E-state index is 11.9. The first-order valence-electron chi connectivity index (χ1n) is 8.02. The van der Waals surface area contributed by atoms with Crippen LogP contribution in [0.5, 0.6) is 0 Å². The summed E-state index contributed by atoms with van der Waals surface area (Å²) in [6.07, 6.45) is 4.52. The monoisotopic (exact) mass is 285 g/mol. The molecule has 0 saturated carbocycles. The van der Waals surface area contributed by atoms with Gasteiger partial charge in [-0.15, -0.1) is 0 Å². The predicted octanol–water partition coefficient (Wildman–Crippen LogP) is 1.71. The predicted molar refractivity (Wildman–Crippen MR) is 81.8 cm³/mol. The number of carbonyl (C=O) groups is 1. The number of carbonyl (C=O) groups excluding carboxylic acids is 1. The van der Waals surface area contributed by atoms with Crippen molar-refractivity contribution >= 4 is 6.03 Å². The highest BCUT2D eigenvalue weighted by molar-refractivity contribution is 5.74. The van der Waals surface area contributed by atoms with Crippen LogP contribution < -0.4 is 10.6 Å². The fourth-order valence-electron chi connectivity index (χ4n) is 2.60. The molecule has 0 unspecified atom stereocenters. The average molecular weight is 285 g/mol. The fraction of sp³-hybridized carbons (Fsp3) is 0.933. The first kappa shape index (κ1) is 17.2. The van der Waals surface area contributed by atoms with Crippen molar-refractivity contribution in [1.82, 2.24) is 15.5 Å². The maximum absolute atomic E-state index is 11.9. The van der Waals surface area contributed by atoms with Gasteiger partial charge in [0.15, 0.2) is 0 Å². The molecule has 0 spiro atoms. The van der Waals surface area contributed by atoms with Crippen molar-refractivity contribution in [3.8, 4) is 0 Å². The van der Waals surface area contributed by atoms with Gasteiger partial charge < -0.3 is 20.6 Å². The smallest absolute Gasteiger partial charge is 0.315 e. The van der Waals surface area contributed by atoms with Gasteiger partial charge in [-0.25, -0.2) is 4.79 Å². The van der Waals surface area contributed by atoms with Crippen LogP contribution >= 0.6 is 0 Å². The zero-order chi connectivity index (χ0) is 15.0. The molecule has 5 heteroatoms. The van der Waals surface area contributed by atoms with Crippen LogP contribution in [-0.4, -0.2) is 53.9 Å². The molecular formula is C15H31N3O2. The second kappa shape index (κ2) is 8.47. The molecule has 3 N–H and O–H groups in total. The number of amides is 2. The lowest BCUT2D eigenvalue weighted by Gasteiger charge is -2.32. The van der Waals surface area contributed by atoms with Gasteiger partial charge in [0, 0.05) is 25.7 Å². The summed E-state index contributed by atoms with van der Waals surface area (Å²) in [4.78, 5) is 14.3. The van der Waals surface area contributed by atoms with Gasteiger partial charge in [-0.2, -0.15) is 0 Å². The molecule has 0 aliphatic carbocycles. The summed E-state index contributed by atoms with van der Waals surface area (Å²) in [7, 11) is 0. The molecule has 20 heavy (non-hydrogen) atoms. The van der Waals surface area contributed by atoms with E-state index in [1.807, 2.05) is 13.8 Å². The van der Waals surface area contributed by atoms with Crippen LogP contribution in [0.4, 0.5) is 4.79 Å². The van der Waals surface area contributed by atoms with Crippen LogP contribution in [0.2, 0.25) is 0 Å². The molecule has 1 heterocycles. The van der Waals surface area contributed by atoms with E-state index in [0.717, 1.165) is 32.5 Å². The number of hydrogen-bond donors (Lipinski definition) is 3. The zero-order valence-corrected chi connectivity index (χ0v) is 13.2. The van der Waals surface area contributed by atoms with E-state index in [1.54, 1.807) is 0 Å². The van der Waals surface area contributed by atoms with Crippen molar-refractivity contribution in [2.45, 2.75) is 64.5 Å². The Bertz CT molecular complexity index is 285. The molecule has 0 atom stereocenters. The van der Waals surface area contributed by atoms with Gasteiger partial charge in [-0.3, -0.25) is 0 Å². The molecule has 2 amide bonds. The molecule has 1 saturated heterocycles. The molecule has 1 fully saturated rings. The van der Waals surface area contributed by atoms with E-state index in [1.165, 1.54) is 6.42 Å². The Morgan fingerprint density at radius 1 is 1.25 bits per heavy atom. The summed E-state index contributed by atoms with van der Waals surface area (Å²) in [6, 6.07) is 0.110. The number of likely N-dealkylation sites (tertiary alicyclic amines) is 1. The quantitative estimate of drug-likeness (QED) is 0.667. The molecule has 118 valence electrons. The third-order valence-corrected chi connectivity index (χ3v) is 4.36. The van der Waals surface area contributed by atoms with E-state index >= 15 is 0 Å². The minimum Gasteiger partial charge on any atom is -0.388 e. The average Bonchev–Trinajstić information content (AvgIpc) is 2.47. The number of piperidine rings is 1. The van der Waals surface area contributed by atoms with E-state index in [9.17, 15) is 9.90 Å². The fourth-order valence-corrected chi connectivity index (χ4v) is 2.60. The summed E-state index contributed by atoms with van der Waals surface area (Å²) in [5.74, 6) is 0. The highest BCUT2D eigenvalue weighted by Gasteiger charge is 2.24. The Balaban J connectivity index is 2.23. The second-order valence-corrected chi connectivity index (χ2v) is 5.87. The normalized spacial score (nSPS) is 18.0. The van der Waals surface area contributed by atoms with Crippen molar-refractivity contribution in [2.75, 3.05) is 26.2 Å². The van der Waals surface area contributed by atoms with Crippen LogP contribution in [0.25, 0.3) is 0 Å². The molecule has 0 aromatic carbocycles. The Kier molecular flexibility index (Phi) is 7.30. The summed E-state index contributed by atoms with van der Waals surface area (Å²) in [5, 5.41) is 15.9. The number of aliphatic hydroxyl groups is 1. The summed E-state index contributed by atoms with van der Waals surface area (Å²) in [5.41, 5.74) is -0.776. The van der Waals surface area contributed by atoms with Crippen molar-refractivity contribution in [1.29, 1.82) is 0 Å². The molecule has 1 rings (SSSR count). The van der Waals surface area contributed by atoms with Gasteiger partial charge in [-0.1, -0.05) is 20.8 Å². The Morgan fingerprint density at radius 2 is 1.85 bits per heavy atom. The lowest BCUT2D eigenvalue weighted by atomic mass is 9.98. The highest BCUT2D eigenvalue weighted by atomic mass is 16.3. The number of rotatable bonds is 7. The number of nitrogens with zero attached hydrogens (tertiary/aromatic N) is 1. The van der Waals surface area contributed by atoms with E-state index in [0.29, 0.717) is 19.4 Å². The van der Waals surface area contributed by atoms with Gasteiger partial charge >= 0.3 is 6.03 Å². The maximum Gasteiger partial charge on any atom is 0.315 e. The van der Waals surface area contributed by atoms with Gasteiger partial charge in [0.05, 0.1) is 5.60 Å². The Hall–Kier alpha value is -0.810. The summed E-state index contributed by atoms with van der Waals surface area (Å²) in [6.45, 7) is 9.66. The van der Waals surface area contributed by atoms with Crippen molar-refractivity contribution in [3.63, 3.8) is 0 Å². The SMILES string of the molecule is CCCN1CCC(NC(=O)NCC(O)(CC)CC)CC1. The zero-order valence-electron chi connectivity index (χ0n) is 13.2. The minimum absolute atomic E-state index is 0.153. The second-order valence-electron chi connectivity index (χ2n) is 5.87. The first-order chi connectivity index (χ1) is 9.53. The van der Waals surface area contributed by atoms with E-state index in [-0.39, 0.29) is 12.1 Å². The number of hydrogen-bond acceptors (Lipinski definition) is 3. The first-order valence-corrected chi connectivity index (χ1v) is 8.02. The Morgan fingerprint density at radius 3 is 2.35 bits per heavy atom. The third-order valence-electron chi connectivity index (χ3n) is 4.36. The molecule has 0 aromatic rings. The van der Waals surface area contributed by atoms with Crippen LogP contribution in [0.3, 0.4) is 0 Å². The standard InChI is InChI=1S/C15H31N3O2/c1-4-9-18-10-7-13(8-11-18)17-14(19)16-12-15(20,5-2)6-3/h13,20H,4-12H2,1-3H3,(H2,16,17,19). The lowest BCUT2D eigenvalue weighted by Crippen LogP contribution is -2.51. The van der Waals surface area contributed by atoms with Crippen LogP contribution in [0.1, 0.15) is 52.9 Å². The van der Waals surface area contributed by atoms with Gasteiger partial charge in [0.25, 0.3) is 0 Å². The van der Waals surface area contributed by atoms with E-state index in [4.69, 9.17) is 0 Å². The van der Waals surface area contributed by atoms with Crippen LogP contribution in [-0.2, 0) is 0 Å². The van der Waals surface area contributed by atoms with Crippen molar-refractivity contribution < 1.29 is 9.90 Å². The van der Waals surface area contributed by atoms with Crippen LogP contribution in [0.15, 0.2) is 0 Å². The lowest BCUT2D eigenvalue weighted by molar-refractivity contribution is 0.0347. The topological polar surface area (TPSA) is 64.6 Å². The van der Waals surface area contributed by atoms with Crippen molar-refractivity contribution in [2.24, 2.45) is 0 Å². The molecule has 0 aromatic heterocycles. The van der Waals surface area contributed by atoms with E-state index < -0.39 is 5.60 Å². The van der Waals surface area contributed by atoms with Gasteiger partial charge in [-0.05, 0) is 38.6 Å². The summed E-state index contributed by atoms with van der Waals surface area (Å²) >= 11 is 0. The number of urea groups is 1. The molecule has 1 aliphatic heterocycles. The largest absolute Gasteiger partial charge is 0.388 e. The Labute approximate surface area is 123 Å². The van der Waals surface area contributed by atoms with Crippen LogP contribution in [0, 0.1) is 0 Å². The van der Waals surface area contributed by atoms with Gasteiger partial charge in [0.1, 0.15) is 0 Å². The molecule has 1 aliphatic rings. The molecular weight excluding hydrogens is 254 g/mol.